The van der Waals surface area contributed by atoms with Crippen LogP contribution in [0.3, 0.4) is 0 Å². The molecule has 0 bridgehead atoms. The summed E-state index contributed by atoms with van der Waals surface area (Å²) in [7, 11) is 0. The van der Waals surface area contributed by atoms with Crippen molar-refractivity contribution in [2.24, 2.45) is 0 Å². The van der Waals surface area contributed by atoms with Crippen molar-refractivity contribution in [3.8, 4) is 0 Å². The molecule has 1 N–H and O–H groups in total. The molecule has 2 aromatic carbocycles. The average Bonchev–Trinajstić information content (AvgIpc) is 2.75. The lowest BCUT2D eigenvalue weighted by molar-refractivity contribution is -0.116. The van der Waals surface area contributed by atoms with Crippen molar-refractivity contribution in [1.29, 1.82) is 0 Å². The Bertz CT molecular complexity index is 1320. The Morgan fingerprint density at radius 1 is 1.00 bits per heavy atom. The molecule has 0 saturated heterocycles. The zero-order chi connectivity index (χ0) is 20.9. The SMILES string of the molecule is O=C(CCCCCn1cnc2ccccc2c1=O)Nc1ccc2oc(=O)ccc2c1. The number of hydrogen-bond acceptors (Lipinski definition) is 5. The number of aromatic nitrogens is 2. The van der Waals surface area contributed by atoms with Gasteiger partial charge in [0.2, 0.25) is 5.91 Å². The van der Waals surface area contributed by atoms with Crippen molar-refractivity contribution in [3.63, 3.8) is 0 Å². The van der Waals surface area contributed by atoms with E-state index in [9.17, 15) is 14.4 Å². The molecular weight excluding hydrogens is 382 g/mol. The molecule has 2 aromatic heterocycles. The molecule has 0 atom stereocenters. The summed E-state index contributed by atoms with van der Waals surface area (Å²) in [6, 6.07) is 15.5. The fourth-order valence-electron chi connectivity index (χ4n) is 3.38. The second kappa shape index (κ2) is 8.73. The first-order valence-electron chi connectivity index (χ1n) is 9.88. The fraction of sp³-hybridized carbons (Fsp3) is 0.217. The van der Waals surface area contributed by atoms with Crippen LogP contribution in [0.5, 0.6) is 0 Å². The number of rotatable bonds is 7. The Balaban J connectivity index is 1.25. The molecule has 4 rings (SSSR count). The van der Waals surface area contributed by atoms with E-state index in [0.717, 1.165) is 24.6 Å². The van der Waals surface area contributed by atoms with Crippen LogP contribution < -0.4 is 16.5 Å². The molecule has 152 valence electrons. The molecule has 0 aliphatic carbocycles. The molecule has 0 fully saturated rings. The smallest absolute Gasteiger partial charge is 0.336 e. The number of anilines is 1. The van der Waals surface area contributed by atoms with Gasteiger partial charge in [0.05, 0.1) is 17.2 Å². The highest BCUT2D eigenvalue weighted by molar-refractivity contribution is 5.93. The molecule has 1 amide bonds. The van der Waals surface area contributed by atoms with E-state index in [1.54, 1.807) is 41.2 Å². The lowest BCUT2D eigenvalue weighted by Crippen LogP contribution is -2.20. The lowest BCUT2D eigenvalue weighted by atomic mass is 10.1. The van der Waals surface area contributed by atoms with Crippen molar-refractivity contribution in [2.45, 2.75) is 32.2 Å². The molecular formula is C23H21N3O4. The van der Waals surface area contributed by atoms with Gasteiger partial charge in [0, 0.05) is 30.1 Å². The zero-order valence-corrected chi connectivity index (χ0v) is 16.3. The fourth-order valence-corrected chi connectivity index (χ4v) is 3.38. The first kappa shape index (κ1) is 19.6. The summed E-state index contributed by atoms with van der Waals surface area (Å²) < 4.78 is 6.71. The van der Waals surface area contributed by atoms with Gasteiger partial charge in [0.1, 0.15) is 5.58 Å². The Hall–Kier alpha value is -3.74. The van der Waals surface area contributed by atoms with Crippen molar-refractivity contribution in [3.05, 3.63) is 81.7 Å². The van der Waals surface area contributed by atoms with Crippen LogP contribution in [0, 0.1) is 0 Å². The van der Waals surface area contributed by atoms with Gasteiger partial charge < -0.3 is 9.73 Å². The number of amides is 1. The van der Waals surface area contributed by atoms with Gasteiger partial charge in [-0.05, 0) is 49.2 Å². The standard InChI is InChI=1S/C23H21N3O4/c27-21(25-17-10-11-20-16(14-17)9-12-22(28)30-20)8-2-1-5-13-26-15-24-19-7-4-3-6-18(19)23(26)29/h3-4,6-7,9-12,14-15H,1-2,5,8,13H2,(H,25,27). The van der Waals surface area contributed by atoms with Crippen LogP contribution in [-0.4, -0.2) is 15.5 Å². The van der Waals surface area contributed by atoms with E-state index in [0.29, 0.717) is 35.1 Å². The normalized spacial score (nSPS) is 11.1. The number of aryl methyl sites for hydroxylation is 1. The van der Waals surface area contributed by atoms with Crippen molar-refractivity contribution >= 4 is 33.5 Å². The maximum Gasteiger partial charge on any atom is 0.336 e. The molecule has 30 heavy (non-hydrogen) atoms. The number of nitrogens with one attached hydrogen (secondary N) is 1. The van der Waals surface area contributed by atoms with Gasteiger partial charge in [-0.25, -0.2) is 9.78 Å². The third-order valence-corrected chi connectivity index (χ3v) is 4.94. The van der Waals surface area contributed by atoms with Crippen LogP contribution in [0.25, 0.3) is 21.9 Å². The zero-order valence-electron chi connectivity index (χ0n) is 16.3. The Morgan fingerprint density at radius 2 is 1.87 bits per heavy atom. The number of benzene rings is 2. The van der Waals surface area contributed by atoms with E-state index in [1.165, 1.54) is 6.07 Å². The molecule has 0 unspecified atom stereocenters. The summed E-state index contributed by atoms with van der Waals surface area (Å²) in [5, 5.41) is 4.23. The lowest BCUT2D eigenvalue weighted by Gasteiger charge is -2.08. The third-order valence-electron chi connectivity index (χ3n) is 4.94. The van der Waals surface area contributed by atoms with E-state index in [-0.39, 0.29) is 11.5 Å². The number of para-hydroxylation sites is 1. The van der Waals surface area contributed by atoms with Gasteiger partial charge >= 0.3 is 5.63 Å². The molecule has 0 radical (unpaired) electrons. The van der Waals surface area contributed by atoms with E-state index in [1.807, 2.05) is 18.2 Å². The summed E-state index contributed by atoms with van der Waals surface area (Å²) in [5.41, 5.74) is 1.41. The highest BCUT2D eigenvalue weighted by atomic mass is 16.4. The second-order valence-electron chi connectivity index (χ2n) is 7.13. The average molecular weight is 403 g/mol. The van der Waals surface area contributed by atoms with Gasteiger partial charge in [0.15, 0.2) is 0 Å². The predicted octanol–water partition coefficient (Wildman–Crippen LogP) is 3.70. The summed E-state index contributed by atoms with van der Waals surface area (Å²) in [6.07, 6.45) is 4.33. The van der Waals surface area contributed by atoms with Crippen molar-refractivity contribution < 1.29 is 9.21 Å². The van der Waals surface area contributed by atoms with E-state index in [2.05, 4.69) is 10.3 Å². The first-order chi connectivity index (χ1) is 14.6. The minimum atomic E-state index is -0.402. The van der Waals surface area contributed by atoms with Crippen LogP contribution in [-0.2, 0) is 11.3 Å². The summed E-state index contributed by atoms with van der Waals surface area (Å²) in [4.78, 5) is 40.2. The van der Waals surface area contributed by atoms with E-state index in [4.69, 9.17) is 4.42 Å². The second-order valence-corrected chi connectivity index (χ2v) is 7.13. The van der Waals surface area contributed by atoms with Crippen LogP contribution in [0.15, 0.2) is 74.9 Å². The van der Waals surface area contributed by atoms with Gasteiger partial charge in [-0.1, -0.05) is 18.6 Å². The summed E-state index contributed by atoms with van der Waals surface area (Å²) in [5.74, 6) is -0.0729. The minimum Gasteiger partial charge on any atom is -0.423 e. The number of unbranched alkanes of at least 4 members (excludes halogenated alkanes) is 2. The molecule has 4 aromatic rings. The van der Waals surface area contributed by atoms with E-state index >= 15 is 0 Å². The maximum absolute atomic E-state index is 12.5. The highest BCUT2D eigenvalue weighted by Gasteiger charge is 2.06. The molecule has 2 heterocycles. The summed E-state index contributed by atoms with van der Waals surface area (Å²) in [6.45, 7) is 0.578. The Kier molecular flexibility index (Phi) is 5.70. The quantitative estimate of drug-likeness (QED) is 0.375. The molecule has 0 spiro atoms. The minimum absolute atomic E-state index is 0.0366. The van der Waals surface area contributed by atoms with Gasteiger partial charge in [-0.15, -0.1) is 0 Å². The van der Waals surface area contributed by atoms with E-state index < -0.39 is 5.63 Å². The predicted molar refractivity (Wildman–Crippen MR) is 116 cm³/mol. The third kappa shape index (κ3) is 4.46. The van der Waals surface area contributed by atoms with Crippen molar-refractivity contribution in [1.82, 2.24) is 9.55 Å². The maximum atomic E-state index is 12.5. The number of carbonyl (C=O) groups excluding carboxylic acids is 1. The van der Waals surface area contributed by atoms with Crippen LogP contribution >= 0.6 is 0 Å². The number of nitrogens with zero attached hydrogens (tertiary/aromatic N) is 2. The number of fused-ring (bicyclic) bond motifs is 2. The monoisotopic (exact) mass is 403 g/mol. The van der Waals surface area contributed by atoms with Crippen molar-refractivity contribution in [2.75, 3.05) is 5.32 Å². The van der Waals surface area contributed by atoms with Crippen LogP contribution in [0.4, 0.5) is 5.69 Å². The largest absolute Gasteiger partial charge is 0.423 e. The van der Waals surface area contributed by atoms with Gasteiger partial charge in [-0.2, -0.15) is 0 Å². The molecule has 7 nitrogen and oxygen atoms in total. The topological polar surface area (TPSA) is 94.2 Å². The molecule has 0 aliphatic rings. The first-order valence-corrected chi connectivity index (χ1v) is 9.88. The molecule has 0 saturated carbocycles. The Morgan fingerprint density at radius 3 is 2.77 bits per heavy atom. The van der Waals surface area contributed by atoms with Gasteiger partial charge in [-0.3, -0.25) is 14.2 Å². The summed E-state index contributed by atoms with van der Waals surface area (Å²) >= 11 is 0. The van der Waals surface area contributed by atoms with Crippen LogP contribution in [0.2, 0.25) is 0 Å². The number of hydrogen-bond donors (Lipinski definition) is 1. The number of carbonyl (C=O) groups is 1. The van der Waals surface area contributed by atoms with Crippen LogP contribution in [0.1, 0.15) is 25.7 Å². The molecule has 7 heteroatoms. The van der Waals surface area contributed by atoms with Gasteiger partial charge in [0.25, 0.3) is 5.56 Å². The highest BCUT2D eigenvalue weighted by Crippen LogP contribution is 2.18. The Labute approximate surface area is 172 Å². The molecule has 0 aliphatic heterocycles.